The van der Waals surface area contributed by atoms with E-state index in [2.05, 4.69) is 6.92 Å². The molecule has 3 fully saturated rings. The highest BCUT2D eigenvalue weighted by Gasteiger charge is 2.39. The molecule has 0 aliphatic heterocycles. The maximum absolute atomic E-state index is 2.31. The monoisotopic (exact) mass is 180 g/mol. The lowest BCUT2D eigenvalue weighted by molar-refractivity contribution is 0.0542. The molecule has 0 aromatic rings. The molecule has 0 saturated heterocycles. The lowest BCUT2D eigenvalue weighted by Crippen LogP contribution is -2.33. The highest BCUT2D eigenvalue weighted by atomic mass is 14.4. The molecule has 76 valence electrons. The van der Waals surface area contributed by atoms with Crippen molar-refractivity contribution >= 4 is 0 Å². The lowest BCUT2D eigenvalue weighted by Gasteiger charge is -2.47. The van der Waals surface area contributed by atoms with E-state index in [1.165, 1.54) is 19.3 Å². The maximum atomic E-state index is 2.31. The van der Waals surface area contributed by atoms with Crippen molar-refractivity contribution in [1.82, 2.24) is 0 Å². The summed E-state index contributed by atoms with van der Waals surface area (Å²) in [6.07, 6.45) is 15.3. The third-order valence-corrected chi connectivity index (χ3v) is 4.56. The van der Waals surface area contributed by atoms with Gasteiger partial charge < -0.3 is 0 Å². The zero-order valence-corrected chi connectivity index (χ0v) is 9.15. The van der Waals surface area contributed by atoms with Crippen LogP contribution in [-0.4, -0.2) is 0 Å². The Labute approximate surface area is 83.1 Å². The summed E-state index contributed by atoms with van der Waals surface area (Å²) in [6, 6.07) is 0. The van der Waals surface area contributed by atoms with Crippen molar-refractivity contribution in [2.45, 2.75) is 71.1 Å². The van der Waals surface area contributed by atoms with E-state index in [9.17, 15) is 0 Å². The fraction of sp³-hybridized carbons (Fsp3) is 1.00. The van der Waals surface area contributed by atoms with E-state index in [0.29, 0.717) is 0 Å². The van der Waals surface area contributed by atoms with Gasteiger partial charge in [-0.2, -0.15) is 0 Å². The average molecular weight is 180 g/mol. The molecule has 3 aliphatic carbocycles. The topological polar surface area (TPSA) is 0 Å². The number of hydrogen-bond donors (Lipinski definition) is 0. The molecule has 0 unspecified atom stereocenters. The molecule has 3 aliphatic rings. The molecular weight excluding hydrogens is 156 g/mol. The van der Waals surface area contributed by atoms with Crippen LogP contribution in [0.5, 0.6) is 0 Å². The molecule has 0 aromatic heterocycles. The number of rotatable bonds is 4. The van der Waals surface area contributed by atoms with E-state index >= 15 is 0 Å². The maximum Gasteiger partial charge on any atom is -0.0297 e. The molecule has 0 atom stereocenters. The Morgan fingerprint density at radius 2 is 1.62 bits per heavy atom. The summed E-state index contributed by atoms with van der Waals surface area (Å²) >= 11 is 0. The Hall–Kier alpha value is 0. The van der Waals surface area contributed by atoms with Gasteiger partial charge in [-0.05, 0) is 56.3 Å². The second kappa shape index (κ2) is 4.02. The summed E-state index contributed by atoms with van der Waals surface area (Å²) in [5, 5.41) is 0. The summed E-state index contributed by atoms with van der Waals surface area (Å²) in [5.41, 5.74) is 0.837. The highest BCUT2D eigenvalue weighted by Crippen LogP contribution is 2.52. The highest BCUT2D eigenvalue weighted by molar-refractivity contribution is 4.91. The second-order valence-corrected chi connectivity index (χ2v) is 5.44. The van der Waals surface area contributed by atoms with Crippen LogP contribution in [0.1, 0.15) is 71.1 Å². The summed E-state index contributed by atoms with van der Waals surface area (Å²) in [6.45, 7) is 2.31. The number of hydrogen-bond acceptors (Lipinski definition) is 0. The quantitative estimate of drug-likeness (QED) is 0.557. The normalized spacial score (nSPS) is 38.1. The van der Waals surface area contributed by atoms with Gasteiger partial charge in [-0.3, -0.25) is 0 Å². The SMILES string of the molecule is CCCCCC12CCC(CC1)CC2. The van der Waals surface area contributed by atoms with Crippen LogP contribution in [0.25, 0.3) is 0 Å². The van der Waals surface area contributed by atoms with Gasteiger partial charge in [-0.1, -0.05) is 26.2 Å². The van der Waals surface area contributed by atoms with Gasteiger partial charge in [0.1, 0.15) is 0 Å². The van der Waals surface area contributed by atoms with Gasteiger partial charge >= 0.3 is 0 Å². The van der Waals surface area contributed by atoms with E-state index in [-0.39, 0.29) is 0 Å². The van der Waals surface area contributed by atoms with Crippen LogP contribution < -0.4 is 0 Å². The molecule has 0 amide bonds. The summed E-state index contributed by atoms with van der Waals surface area (Å²) < 4.78 is 0. The third-order valence-electron chi connectivity index (χ3n) is 4.56. The standard InChI is InChI=1S/C13H24/c1-2-3-4-8-13-9-5-12(6-10-13)7-11-13/h12H,2-11H2,1H3. The Balaban J connectivity index is 1.81. The molecule has 0 spiro atoms. The fourth-order valence-corrected chi connectivity index (χ4v) is 3.46. The molecule has 0 nitrogen and oxygen atoms in total. The van der Waals surface area contributed by atoms with E-state index in [1.54, 1.807) is 44.9 Å². The van der Waals surface area contributed by atoms with Crippen LogP contribution in [0.2, 0.25) is 0 Å². The molecule has 0 N–H and O–H groups in total. The summed E-state index contributed by atoms with van der Waals surface area (Å²) in [5.74, 6) is 1.13. The second-order valence-electron chi connectivity index (χ2n) is 5.44. The van der Waals surface area contributed by atoms with E-state index in [1.807, 2.05) is 0 Å². The van der Waals surface area contributed by atoms with E-state index in [4.69, 9.17) is 0 Å². The van der Waals surface area contributed by atoms with Crippen LogP contribution >= 0.6 is 0 Å². The summed E-state index contributed by atoms with van der Waals surface area (Å²) in [7, 11) is 0. The lowest BCUT2D eigenvalue weighted by atomic mass is 9.59. The molecule has 3 saturated carbocycles. The van der Waals surface area contributed by atoms with Gasteiger partial charge in [0.05, 0.1) is 0 Å². The Bertz CT molecular complexity index is 138. The molecule has 13 heavy (non-hydrogen) atoms. The van der Waals surface area contributed by atoms with Gasteiger partial charge in [-0.25, -0.2) is 0 Å². The van der Waals surface area contributed by atoms with Crippen LogP contribution in [0, 0.1) is 11.3 Å². The largest absolute Gasteiger partial charge is 0.0654 e. The Morgan fingerprint density at radius 1 is 1.00 bits per heavy atom. The predicted molar refractivity (Wildman–Crippen MR) is 57.8 cm³/mol. The van der Waals surface area contributed by atoms with Crippen molar-refractivity contribution in [3.05, 3.63) is 0 Å². The third kappa shape index (κ3) is 2.08. The number of fused-ring (bicyclic) bond motifs is 3. The molecular formula is C13H24. The first-order valence-electron chi connectivity index (χ1n) is 6.35. The molecule has 3 rings (SSSR count). The van der Waals surface area contributed by atoms with Crippen molar-refractivity contribution in [1.29, 1.82) is 0 Å². The zero-order chi connectivity index (χ0) is 9.15. The molecule has 0 heterocycles. The Morgan fingerprint density at radius 3 is 2.15 bits per heavy atom. The van der Waals surface area contributed by atoms with Crippen LogP contribution in [0.15, 0.2) is 0 Å². The Kier molecular flexibility index (Phi) is 2.96. The van der Waals surface area contributed by atoms with Gasteiger partial charge in [0.25, 0.3) is 0 Å². The first-order valence-corrected chi connectivity index (χ1v) is 6.35. The average Bonchev–Trinajstić information content (AvgIpc) is 2.21. The smallest absolute Gasteiger partial charge is 0.0297 e. The van der Waals surface area contributed by atoms with Crippen LogP contribution in [0.3, 0.4) is 0 Å². The predicted octanol–water partition coefficient (Wildman–Crippen LogP) is 4.54. The first-order chi connectivity index (χ1) is 6.35. The van der Waals surface area contributed by atoms with Crippen molar-refractivity contribution in [3.63, 3.8) is 0 Å². The van der Waals surface area contributed by atoms with E-state index < -0.39 is 0 Å². The minimum atomic E-state index is 0.837. The van der Waals surface area contributed by atoms with Crippen LogP contribution in [-0.2, 0) is 0 Å². The van der Waals surface area contributed by atoms with E-state index in [0.717, 1.165) is 11.3 Å². The molecule has 0 heteroatoms. The van der Waals surface area contributed by atoms with Gasteiger partial charge in [0.2, 0.25) is 0 Å². The van der Waals surface area contributed by atoms with Gasteiger partial charge in [0.15, 0.2) is 0 Å². The molecule has 2 bridgehead atoms. The van der Waals surface area contributed by atoms with Crippen molar-refractivity contribution < 1.29 is 0 Å². The first kappa shape index (κ1) is 9.55. The van der Waals surface area contributed by atoms with Crippen molar-refractivity contribution in [3.8, 4) is 0 Å². The molecule has 0 radical (unpaired) electrons. The zero-order valence-electron chi connectivity index (χ0n) is 9.15. The van der Waals surface area contributed by atoms with Crippen molar-refractivity contribution in [2.75, 3.05) is 0 Å². The van der Waals surface area contributed by atoms with Gasteiger partial charge in [0, 0.05) is 0 Å². The minimum absolute atomic E-state index is 0.837. The fourth-order valence-electron chi connectivity index (χ4n) is 3.46. The molecule has 0 aromatic carbocycles. The van der Waals surface area contributed by atoms with Crippen LogP contribution in [0.4, 0.5) is 0 Å². The van der Waals surface area contributed by atoms with Crippen molar-refractivity contribution in [2.24, 2.45) is 11.3 Å². The summed E-state index contributed by atoms with van der Waals surface area (Å²) in [4.78, 5) is 0. The minimum Gasteiger partial charge on any atom is -0.0654 e. The van der Waals surface area contributed by atoms with Gasteiger partial charge in [-0.15, -0.1) is 0 Å². The number of unbranched alkanes of at least 4 members (excludes halogenated alkanes) is 2.